The van der Waals surface area contributed by atoms with E-state index in [2.05, 4.69) is 10.6 Å². The second-order valence-corrected chi connectivity index (χ2v) is 6.28. The number of benzene rings is 2. The monoisotopic (exact) mass is 340 g/mol. The molecule has 0 spiro atoms. The summed E-state index contributed by atoms with van der Waals surface area (Å²) in [5.41, 5.74) is 3.36. The first kappa shape index (κ1) is 18.5. The molecule has 0 aromatic heterocycles. The van der Waals surface area contributed by atoms with Crippen LogP contribution >= 0.6 is 0 Å². The van der Waals surface area contributed by atoms with E-state index in [0.29, 0.717) is 5.69 Å². The van der Waals surface area contributed by atoms with Crippen LogP contribution in [-0.4, -0.2) is 17.9 Å². The minimum Gasteiger partial charge on any atom is -0.491 e. The fourth-order valence-corrected chi connectivity index (χ4v) is 2.30. The van der Waals surface area contributed by atoms with Gasteiger partial charge in [0.15, 0.2) is 0 Å². The van der Waals surface area contributed by atoms with Crippen molar-refractivity contribution >= 4 is 23.2 Å². The molecule has 0 aliphatic heterocycles. The van der Waals surface area contributed by atoms with Crippen LogP contribution in [0.5, 0.6) is 5.75 Å². The first-order chi connectivity index (χ1) is 11.8. The van der Waals surface area contributed by atoms with E-state index in [1.54, 1.807) is 24.3 Å². The zero-order chi connectivity index (χ0) is 18.4. The highest BCUT2D eigenvalue weighted by Crippen LogP contribution is 2.18. The predicted molar refractivity (Wildman–Crippen MR) is 100.0 cm³/mol. The van der Waals surface area contributed by atoms with Gasteiger partial charge in [0.05, 0.1) is 6.10 Å². The molecule has 2 aromatic carbocycles. The molecule has 0 radical (unpaired) electrons. The average Bonchev–Trinajstić information content (AvgIpc) is 2.52. The van der Waals surface area contributed by atoms with Crippen LogP contribution in [-0.2, 0) is 9.59 Å². The van der Waals surface area contributed by atoms with Crippen LogP contribution in [0.3, 0.4) is 0 Å². The maximum atomic E-state index is 12.1. The van der Waals surface area contributed by atoms with Gasteiger partial charge in [-0.15, -0.1) is 0 Å². The molecule has 5 heteroatoms. The maximum absolute atomic E-state index is 12.1. The van der Waals surface area contributed by atoms with Gasteiger partial charge in [0.1, 0.15) is 12.2 Å². The summed E-state index contributed by atoms with van der Waals surface area (Å²) < 4.78 is 5.55. The molecule has 25 heavy (non-hydrogen) atoms. The van der Waals surface area contributed by atoms with Gasteiger partial charge < -0.3 is 15.4 Å². The van der Waals surface area contributed by atoms with Gasteiger partial charge in [0, 0.05) is 11.4 Å². The van der Waals surface area contributed by atoms with Crippen molar-refractivity contribution in [1.82, 2.24) is 0 Å². The van der Waals surface area contributed by atoms with Crippen LogP contribution in [0, 0.1) is 13.8 Å². The number of rotatable bonds is 6. The summed E-state index contributed by atoms with van der Waals surface area (Å²) in [6.45, 7) is 7.76. The lowest BCUT2D eigenvalue weighted by Crippen LogP contribution is -2.21. The summed E-state index contributed by atoms with van der Waals surface area (Å²) in [7, 11) is 0. The minimum atomic E-state index is -0.361. The van der Waals surface area contributed by atoms with E-state index in [1.807, 2.05) is 45.9 Å². The molecule has 0 bridgehead atoms. The molecular formula is C20H24N2O3. The fraction of sp³-hybridized carbons (Fsp3) is 0.300. The lowest BCUT2D eigenvalue weighted by molar-refractivity contribution is -0.123. The van der Waals surface area contributed by atoms with Gasteiger partial charge in [-0.05, 0) is 69.2 Å². The largest absolute Gasteiger partial charge is 0.491 e. The molecular weight excluding hydrogens is 316 g/mol. The van der Waals surface area contributed by atoms with Crippen LogP contribution in [0.4, 0.5) is 11.4 Å². The van der Waals surface area contributed by atoms with Crippen LogP contribution in [0.15, 0.2) is 42.5 Å². The molecule has 0 fully saturated rings. The van der Waals surface area contributed by atoms with Gasteiger partial charge in [0.25, 0.3) is 0 Å². The van der Waals surface area contributed by atoms with Crippen molar-refractivity contribution in [3.63, 3.8) is 0 Å². The third-order valence-corrected chi connectivity index (χ3v) is 3.50. The molecule has 2 amide bonds. The Kier molecular flexibility index (Phi) is 6.17. The molecule has 0 unspecified atom stereocenters. The molecule has 0 saturated carbocycles. The summed E-state index contributed by atoms with van der Waals surface area (Å²) >= 11 is 0. The lowest BCUT2D eigenvalue weighted by atomic mass is 10.1. The Morgan fingerprint density at radius 3 is 2.24 bits per heavy atom. The Labute approximate surface area is 148 Å². The van der Waals surface area contributed by atoms with Crippen LogP contribution in [0.25, 0.3) is 0 Å². The van der Waals surface area contributed by atoms with Crippen molar-refractivity contribution in [2.75, 3.05) is 10.6 Å². The number of ether oxygens (including phenoxy) is 1. The molecule has 2 aromatic rings. The van der Waals surface area contributed by atoms with E-state index < -0.39 is 0 Å². The molecule has 132 valence electrons. The summed E-state index contributed by atoms with van der Waals surface area (Å²) in [5.74, 6) is 0.0342. The molecule has 0 heterocycles. The SMILES string of the molecule is Cc1ccc(C)c(NC(=O)CC(=O)Nc2ccc(OC(C)C)cc2)c1. The number of carbonyl (C=O) groups excluding carboxylic acids is 2. The standard InChI is InChI=1S/C20H24N2O3/c1-13(2)25-17-9-7-16(8-10-17)21-19(23)12-20(24)22-18-11-14(3)5-6-15(18)4/h5-11,13H,12H2,1-4H3,(H,21,23)(H,22,24). The van der Waals surface area contributed by atoms with Crippen molar-refractivity contribution in [2.45, 2.75) is 40.2 Å². The number of aryl methyl sites for hydroxylation is 2. The summed E-state index contributed by atoms with van der Waals surface area (Å²) in [6.07, 6.45) is -0.147. The Morgan fingerprint density at radius 2 is 1.60 bits per heavy atom. The van der Waals surface area contributed by atoms with Gasteiger partial charge in [-0.1, -0.05) is 12.1 Å². The highest BCUT2D eigenvalue weighted by atomic mass is 16.5. The maximum Gasteiger partial charge on any atom is 0.233 e. The van der Waals surface area contributed by atoms with Gasteiger partial charge in [0.2, 0.25) is 11.8 Å². The Balaban J connectivity index is 1.89. The first-order valence-electron chi connectivity index (χ1n) is 8.27. The molecule has 2 N–H and O–H groups in total. The molecule has 0 aliphatic rings. The average molecular weight is 340 g/mol. The van der Waals surface area contributed by atoms with E-state index in [0.717, 1.165) is 22.6 Å². The highest BCUT2D eigenvalue weighted by Gasteiger charge is 2.11. The topological polar surface area (TPSA) is 67.4 Å². The molecule has 0 aliphatic carbocycles. The van der Waals surface area contributed by atoms with Crippen LogP contribution in [0.2, 0.25) is 0 Å². The fourth-order valence-electron chi connectivity index (χ4n) is 2.30. The van der Waals surface area contributed by atoms with Crippen molar-refractivity contribution in [3.05, 3.63) is 53.6 Å². The molecule has 5 nitrogen and oxygen atoms in total. The zero-order valence-corrected chi connectivity index (χ0v) is 15.1. The summed E-state index contributed by atoms with van der Waals surface area (Å²) in [6, 6.07) is 12.9. The summed E-state index contributed by atoms with van der Waals surface area (Å²) in [4.78, 5) is 24.1. The van der Waals surface area contributed by atoms with Crippen molar-refractivity contribution in [2.24, 2.45) is 0 Å². The minimum absolute atomic E-state index is 0.0919. The normalized spacial score (nSPS) is 10.4. The number of hydrogen-bond acceptors (Lipinski definition) is 3. The van der Waals surface area contributed by atoms with Gasteiger partial charge in [-0.3, -0.25) is 9.59 Å². The number of amides is 2. The van der Waals surface area contributed by atoms with E-state index in [9.17, 15) is 9.59 Å². The van der Waals surface area contributed by atoms with Crippen LogP contribution in [0.1, 0.15) is 31.4 Å². The van der Waals surface area contributed by atoms with Gasteiger partial charge >= 0.3 is 0 Å². The predicted octanol–water partition coefficient (Wildman–Crippen LogP) is 4.06. The van der Waals surface area contributed by atoms with E-state index in [-0.39, 0.29) is 24.3 Å². The number of nitrogens with one attached hydrogen (secondary N) is 2. The zero-order valence-electron chi connectivity index (χ0n) is 15.1. The van der Waals surface area contributed by atoms with Gasteiger partial charge in [-0.2, -0.15) is 0 Å². The van der Waals surface area contributed by atoms with Crippen molar-refractivity contribution < 1.29 is 14.3 Å². The molecule has 0 saturated heterocycles. The molecule has 2 rings (SSSR count). The third-order valence-electron chi connectivity index (χ3n) is 3.50. The third kappa shape index (κ3) is 5.95. The van der Waals surface area contributed by atoms with Crippen molar-refractivity contribution in [3.8, 4) is 5.75 Å². The highest BCUT2D eigenvalue weighted by molar-refractivity contribution is 6.08. The second-order valence-electron chi connectivity index (χ2n) is 6.28. The summed E-state index contributed by atoms with van der Waals surface area (Å²) in [5, 5.41) is 5.49. The van der Waals surface area contributed by atoms with Crippen molar-refractivity contribution in [1.29, 1.82) is 0 Å². The quantitative estimate of drug-likeness (QED) is 0.779. The second kappa shape index (κ2) is 8.33. The Hall–Kier alpha value is -2.82. The van der Waals surface area contributed by atoms with E-state index in [4.69, 9.17) is 4.74 Å². The molecule has 0 atom stereocenters. The first-order valence-corrected chi connectivity index (χ1v) is 8.27. The van der Waals surface area contributed by atoms with E-state index in [1.165, 1.54) is 0 Å². The van der Waals surface area contributed by atoms with E-state index >= 15 is 0 Å². The van der Waals surface area contributed by atoms with Gasteiger partial charge in [-0.25, -0.2) is 0 Å². The van der Waals surface area contributed by atoms with Crippen LogP contribution < -0.4 is 15.4 Å². The number of carbonyl (C=O) groups is 2. The lowest BCUT2D eigenvalue weighted by Gasteiger charge is -2.11. The number of anilines is 2. The number of hydrogen-bond donors (Lipinski definition) is 2. The Bertz CT molecular complexity index is 752. The Morgan fingerprint density at radius 1 is 0.960 bits per heavy atom. The smallest absolute Gasteiger partial charge is 0.233 e.